The fourth-order valence-electron chi connectivity index (χ4n) is 3.66. The second-order valence-corrected chi connectivity index (χ2v) is 9.43. The van der Waals surface area contributed by atoms with Gasteiger partial charge in [-0.3, -0.25) is 9.59 Å². The summed E-state index contributed by atoms with van der Waals surface area (Å²) < 4.78 is 4.92. The Kier molecular flexibility index (Phi) is 10.4. The third-order valence-corrected chi connectivity index (χ3v) is 6.25. The molecule has 2 aromatic carbocycles. The predicted octanol–water partition coefficient (Wildman–Crippen LogP) is 7.35. The highest BCUT2D eigenvalue weighted by atomic mass is 35.5. The zero-order valence-electron chi connectivity index (χ0n) is 21.0. The molecule has 0 radical (unpaired) electrons. The van der Waals surface area contributed by atoms with Gasteiger partial charge >= 0.3 is 5.97 Å². The lowest BCUT2D eigenvalue weighted by atomic mass is 9.95. The molecule has 0 spiro atoms. The summed E-state index contributed by atoms with van der Waals surface area (Å²) in [7, 11) is 1.31. The molecule has 3 aromatic rings. The van der Waals surface area contributed by atoms with Crippen LogP contribution in [0.1, 0.15) is 42.6 Å². The van der Waals surface area contributed by atoms with Crippen molar-refractivity contribution in [3.05, 3.63) is 99.8 Å². The van der Waals surface area contributed by atoms with E-state index < -0.39 is 11.9 Å². The van der Waals surface area contributed by atoms with Gasteiger partial charge in [0, 0.05) is 31.0 Å². The number of Topliss-reactive ketones (excluding diaryl/α,β-unsaturated/α-hetero) is 1. The first-order valence-electron chi connectivity index (χ1n) is 11.8. The van der Waals surface area contributed by atoms with E-state index in [-0.39, 0.29) is 27.8 Å². The van der Waals surface area contributed by atoms with Crippen LogP contribution >= 0.6 is 23.2 Å². The molecule has 6 nitrogen and oxygen atoms in total. The van der Waals surface area contributed by atoms with Crippen LogP contribution in [0.2, 0.25) is 10.0 Å². The zero-order chi connectivity index (χ0) is 26.8. The summed E-state index contributed by atoms with van der Waals surface area (Å²) in [5.74, 6) is -0.805. The van der Waals surface area contributed by atoms with Crippen LogP contribution in [0.4, 0.5) is 11.6 Å². The van der Waals surface area contributed by atoms with E-state index in [1.807, 2.05) is 41.3 Å². The summed E-state index contributed by atoms with van der Waals surface area (Å²) in [5.41, 5.74) is 3.33. The average molecular weight is 538 g/mol. The summed E-state index contributed by atoms with van der Waals surface area (Å²) in [5, 5.41) is 0.521. The number of hydrogen-bond donors (Lipinski definition) is 0. The van der Waals surface area contributed by atoms with Crippen LogP contribution < -0.4 is 4.90 Å². The maximum absolute atomic E-state index is 12.8. The van der Waals surface area contributed by atoms with Crippen molar-refractivity contribution in [2.75, 3.05) is 18.6 Å². The highest BCUT2D eigenvalue weighted by Gasteiger charge is 2.24. The van der Waals surface area contributed by atoms with Crippen molar-refractivity contribution >= 4 is 52.7 Å². The second-order valence-electron chi connectivity index (χ2n) is 8.61. The number of benzene rings is 2. The number of anilines is 2. The molecule has 1 atom stereocenters. The number of carbonyl (C=O) groups excluding carboxylic acids is 2. The van der Waals surface area contributed by atoms with Gasteiger partial charge in [-0.25, -0.2) is 9.97 Å². The van der Waals surface area contributed by atoms with Gasteiger partial charge in [0.1, 0.15) is 0 Å². The van der Waals surface area contributed by atoms with Crippen molar-refractivity contribution in [3.8, 4) is 0 Å². The minimum Gasteiger partial charge on any atom is -0.469 e. The molecule has 3 rings (SSSR count). The molecule has 0 fully saturated rings. The zero-order valence-corrected chi connectivity index (χ0v) is 22.5. The maximum Gasteiger partial charge on any atom is 0.309 e. The van der Waals surface area contributed by atoms with Crippen LogP contribution in [-0.2, 0) is 9.53 Å². The number of allylic oxidation sites excluding steroid dienone is 2. The SMILES string of the molecule is COC(=O)C(C/C=C/c1ccc(N(CC=C(C)C)c2ncccn2)cc1)CC(=O)c1c(Cl)cccc1Cl. The molecule has 0 aliphatic rings. The normalized spacial score (nSPS) is 11.7. The number of methoxy groups -OCH3 is 1. The number of hydrogen-bond acceptors (Lipinski definition) is 6. The van der Waals surface area contributed by atoms with E-state index >= 15 is 0 Å². The molecule has 0 aliphatic heterocycles. The fraction of sp³-hybridized carbons (Fsp3) is 0.241. The van der Waals surface area contributed by atoms with Crippen LogP contribution in [0.25, 0.3) is 6.08 Å². The molecule has 1 aromatic heterocycles. The quantitative estimate of drug-likeness (QED) is 0.144. The van der Waals surface area contributed by atoms with Gasteiger partial charge in [0.25, 0.3) is 0 Å². The number of ether oxygens (including phenoxy) is 1. The van der Waals surface area contributed by atoms with Crippen molar-refractivity contribution in [1.29, 1.82) is 0 Å². The number of rotatable bonds is 11. The monoisotopic (exact) mass is 537 g/mol. The van der Waals surface area contributed by atoms with Crippen LogP contribution in [0.5, 0.6) is 0 Å². The standard InChI is InChI=1S/C29H29Cl2N3O3/c1-20(2)15-18-34(29-32-16-6-17-33-29)23-13-11-21(12-14-23)7-4-8-22(28(36)37-3)19-26(35)27-24(30)9-5-10-25(27)31/h4-7,9-17,22H,8,18-19H2,1-3H3/b7-4+. The molecule has 0 saturated heterocycles. The molecule has 1 heterocycles. The Balaban J connectivity index is 1.72. The van der Waals surface area contributed by atoms with Gasteiger partial charge in [-0.2, -0.15) is 0 Å². The number of halogens is 2. The number of esters is 1. The van der Waals surface area contributed by atoms with Crippen molar-refractivity contribution in [2.24, 2.45) is 5.92 Å². The summed E-state index contributed by atoms with van der Waals surface area (Å²) in [6, 6.07) is 14.6. The van der Waals surface area contributed by atoms with Crippen molar-refractivity contribution in [1.82, 2.24) is 9.97 Å². The van der Waals surface area contributed by atoms with E-state index in [0.717, 1.165) is 11.3 Å². The molecule has 0 N–H and O–H groups in total. The first-order chi connectivity index (χ1) is 17.8. The van der Waals surface area contributed by atoms with Gasteiger partial charge < -0.3 is 9.64 Å². The van der Waals surface area contributed by atoms with E-state index in [4.69, 9.17) is 27.9 Å². The lowest BCUT2D eigenvalue weighted by molar-refractivity contribution is -0.145. The number of nitrogens with zero attached hydrogens (tertiary/aromatic N) is 3. The summed E-state index contributed by atoms with van der Waals surface area (Å²) in [6.45, 7) is 4.75. The van der Waals surface area contributed by atoms with Crippen LogP contribution in [0, 0.1) is 5.92 Å². The van der Waals surface area contributed by atoms with Crippen LogP contribution in [-0.4, -0.2) is 35.4 Å². The van der Waals surface area contributed by atoms with E-state index in [1.54, 1.807) is 36.7 Å². The Morgan fingerprint density at radius 2 is 1.65 bits per heavy atom. The molecule has 192 valence electrons. The summed E-state index contributed by atoms with van der Waals surface area (Å²) >= 11 is 12.3. The van der Waals surface area contributed by atoms with Gasteiger partial charge in [-0.1, -0.05) is 65.2 Å². The van der Waals surface area contributed by atoms with Gasteiger partial charge in [0.2, 0.25) is 5.95 Å². The van der Waals surface area contributed by atoms with Crippen molar-refractivity contribution in [3.63, 3.8) is 0 Å². The van der Waals surface area contributed by atoms with E-state index in [1.165, 1.54) is 12.7 Å². The Labute approximate surface area is 227 Å². The smallest absolute Gasteiger partial charge is 0.309 e. The first kappa shape index (κ1) is 28.1. The van der Waals surface area contributed by atoms with Crippen molar-refractivity contribution < 1.29 is 14.3 Å². The highest BCUT2D eigenvalue weighted by Crippen LogP contribution is 2.28. The lowest BCUT2D eigenvalue weighted by Gasteiger charge is -2.21. The van der Waals surface area contributed by atoms with Gasteiger partial charge in [0.05, 0.1) is 28.6 Å². The molecule has 0 saturated carbocycles. The number of carbonyl (C=O) groups is 2. The molecular weight excluding hydrogens is 509 g/mol. The maximum atomic E-state index is 12.8. The minimum absolute atomic E-state index is 0.0597. The molecule has 0 aliphatic carbocycles. The van der Waals surface area contributed by atoms with Gasteiger partial charge in [-0.05, 0) is 56.2 Å². The molecule has 37 heavy (non-hydrogen) atoms. The third kappa shape index (κ3) is 8.00. The summed E-state index contributed by atoms with van der Waals surface area (Å²) in [6.07, 6.45) is 9.59. The Morgan fingerprint density at radius 3 is 2.24 bits per heavy atom. The predicted molar refractivity (Wildman–Crippen MR) is 149 cm³/mol. The first-order valence-corrected chi connectivity index (χ1v) is 12.5. The lowest BCUT2D eigenvalue weighted by Crippen LogP contribution is -2.20. The van der Waals surface area contributed by atoms with Crippen molar-refractivity contribution in [2.45, 2.75) is 26.7 Å². The molecular formula is C29H29Cl2N3O3. The fourth-order valence-corrected chi connectivity index (χ4v) is 4.27. The number of ketones is 1. The minimum atomic E-state index is -0.657. The van der Waals surface area contributed by atoms with E-state index in [9.17, 15) is 9.59 Å². The van der Waals surface area contributed by atoms with E-state index in [0.29, 0.717) is 18.9 Å². The topological polar surface area (TPSA) is 72.4 Å². The molecule has 0 amide bonds. The number of aromatic nitrogens is 2. The average Bonchev–Trinajstić information content (AvgIpc) is 2.89. The molecule has 8 heteroatoms. The molecule has 0 bridgehead atoms. The Bertz CT molecular complexity index is 1250. The second kappa shape index (κ2) is 13.7. The highest BCUT2D eigenvalue weighted by molar-refractivity contribution is 6.39. The van der Waals surface area contributed by atoms with E-state index in [2.05, 4.69) is 29.9 Å². The summed E-state index contributed by atoms with van der Waals surface area (Å²) in [4.78, 5) is 36.0. The Hall–Kier alpha value is -3.48. The van der Waals surface area contributed by atoms with Gasteiger partial charge in [0.15, 0.2) is 5.78 Å². The third-order valence-electron chi connectivity index (χ3n) is 5.62. The van der Waals surface area contributed by atoms with Gasteiger partial charge in [-0.15, -0.1) is 0 Å². The molecule has 1 unspecified atom stereocenters. The van der Waals surface area contributed by atoms with Crippen LogP contribution in [0.15, 0.2) is 78.6 Å². The largest absolute Gasteiger partial charge is 0.469 e. The Morgan fingerprint density at radius 1 is 1.00 bits per heavy atom. The van der Waals surface area contributed by atoms with Crippen LogP contribution in [0.3, 0.4) is 0 Å².